The first-order chi connectivity index (χ1) is 20.1. The first-order valence-corrected chi connectivity index (χ1v) is 16.5. The Hall–Kier alpha value is -2.19. The second-order valence-electron chi connectivity index (χ2n) is 15.2. The second kappa shape index (κ2) is 13.4. The van der Waals surface area contributed by atoms with E-state index in [0.717, 1.165) is 32.1 Å². The van der Waals surface area contributed by atoms with Crippen LogP contribution in [0.15, 0.2) is 25.3 Å². The molecule has 0 aromatic rings. The van der Waals surface area contributed by atoms with Gasteiger partial charge in [0, 0.05) is 38.3 Å². The molecule has 3 heterocycles. The summed E-state index contributed by atoms with van der Waals surface area (Å²) in [6.45, 7) is 26.5. The topological polar surface area (TPSA) is 90.4 Å². The molecular weight excluding hydrogens is 542 g/mol. The van der Waals surface area contributed by atoms with Gasteiger partial charge in [0.25, 0.3) is 0 Å². The highest BCUT2D eigenvalue weighted by molar-refractivity contribution is 5.99. The van der Waals surface area contributed by atoms with E-state index in [4.69, 9.17) is 4.74 Å². The smallest absolute Gasteiger partial charge is 0.249 e. The molecular formula is C35H59N3O5. The van der Waals surface area contributed by atoms with Crippen molar-refractivity contribution in [1.82, 2.24) is 14.7 Å². The van der Waals surface area contributed by atoms with Gasteiger partial charge in [-0.05, 0) is 64.2 Å². The number of unbranched alkanes of at least 4 members (excludes halogenated alkanes) is 3. The molecule has 8 heteroatoms. The number of ether oxygens (including phenoxy) is 1. The van der Waals surface area contributed by atoms with Gasteiger partial charge in [-0.3, -0.25) is 14.4 Å². The van der Waals surface area contributed by atoms with Crippen LogP contribution in [-0.4, -0.2) is 93.1 Å². The molecule has 3 aliphatic rings. The Labute approximate surface area is 260 Å². The van der Waals surface area contributed by atoms with Gasteiger partial charge < -0.3 is 24.5 Å². The molecule has 0 aromatic heterocycles. The molecule has 1 spiro atoms. The van der Waals surface area contributed by atoms with Crippen LogP contribution in [0, 0.1) is 23.2 Å². The van der Waals surface area contributed by atoms with Crippen molar-refractivity contribution in [3.8, 4) is 0 Å². The van der Waals surface area contributed by atoms with Crippen molar-refractivity contribution in [3.63, 3.8) is 0 Å². The largest absolute Gasteiger partial charge is 0.396 e. The summed E-state index contributed by atoms with van der Waals surface area (Å²) in [4.78, 5) is 49.3. The maximum Gasteiger partial charge on any atom is 0.249 e. The zero-order valence-electron chi connectivity index (χ0n) is 28.3. The third-order valence-electron chi connectivity index (χ3n) is 10.0. The third kappa shape index (κ3) is 6.61. The maximum absolute atomic E-state index is 15.0. The van der Waals surface area contributed by atoms with E-state index in [1.807, 2.05) is 18.7 Å². The molecule has 1 N–H and O–H groups in total. The van der Waals surface area contributed by atoms with Crippen molar-refractivity contribution in [2.45, 2.75) is 123 Å². The fraction of sp³-hybridized carbons (Fsp3) is 0.800. The SMILES string of the molecule is C=CCN(CCC)C(=O)[C@H]1[C@H]2C(=O)N(CCCCCCO)C(C(=O)N(CC=C)C(C)(C)CC(C)(C)C)C23CC(C)[C@]1(C)O3. The summed E-state index contributed by atoms with van der Waals surface area (Å²) in [5, 5.41) is 9.25. The molecule has 2 bridgehead atoms. The average Bonchev–Trinajstić information content (AvgIpc) is 3.41. The molecule has 0 aromatic carbocycles. The van der Waals surface area contributed by atoms with Crippen molar-refractivity contribution >= 4 is 17.7 Å². The Morgan fingerprint density at radius 2 is 1.70 bits per heavy atom. The van der Waals surface area contributed by atoms with Gasteiger partial charge in [-0.2, -0.15) is 0 Å². The van der Waals surface area contributed by atoms with Crippen molar-refractivity contribution in [2.75, 3.05) is 32.8 Å². The van der Waals surface area contributed by atoms with E-state index in [2.05, 4.69) is 54.7 Å². The minimum atomic E-state index is -1.07. The molecule has 43 heavy (non-hydrogen) atoms. The molecule has 3 unspecified atom stereocenters. The molecule has 0 radical (unpaired) electrons. The van der Waals surface area contributed by atoms with Crippen molar-refractivity contribution in [1.29, 1.82) is 0 Å². The minimum absolute atomic E-state index is 0.00653. The van der Waals surface area contributed by atoms with Crippen LogP contribution >= 0.6 is 0 Å². The molecule has 0 saturated carbocycles. The summed E-state index contributed by atoms with van der Waals surface area (Å²) in [7, 11) is 0. The number of nitrogens with zero attached hydrogens (tertiary/aromatic N) is 3. The van der Waals surface area contributed by atoms with E-state index in [1.165, 1.54) is 0 Å². The summed E-state index contributed by atoms with van der Waals surface area (Å²) < 4.78 is 7.00. The first-order valence-electron chi connectivity index (χ1n) is 16.5. The zero-order chi connectivity index (χ0) is 32.4. The summed E-state index contributed by atoms with van der Waals surface area (Å²) in [6.07, 6.45) is 8.73. The normalized spacial score (nSPS) is 30.0. The van der Waals surface area contributed by atoms with Crippen LogP contribution in [0.25, 0.3) is 0 Å². The van der Waals surface area contributed by atoms with Crippen LogP contribution in [0.3, 0.4) is 0 Å². The number of fused-ring (bicyclic) bond motifs is 1. The number of likely N-dealkylation sites (tertiary alicyclic amines) is 1. The Balaban J connectivity index is 2.12. The molecule has 3 fully saturated rings. The van der Waals surface area contributed by atoms with E-state index in [9.17, 15) is 19.5 Å². The lowest BCUT2D eigenvalue weighted by Crippen LogP contribution is -2.61. The Morgan fingerprint density at radius 1 is 1.07 bits per heavy atom. The zero-order valence-corrected chi connectivity index (χ0v) is 28.3. The van der Waals surface area contributed by atoms with Gasteiger partial charge in [-0.1, -0.05) is 59.6 Å². The minimum Gasteiger partial charge on any atom is -0.396 e. The van der Waals surface area contributed by atoms with Crippen LogP contribution in [0.2, 0.25) is 0 Å². The fourth-order valence-electron chi connectivity index (χ4n) is 8.60. The van der Waals surface area contributed by atoms with Crippen LogP contribution in [0.4, 0.5) is 0 Å². The van der Waals surface area contributed by atoms with Crippen molar-refractivity contribution in [3.05, 3.63) is 25.3 Å². The molecule has 3 rings (SSSR count). The predicted octanol–water partition coefficient (Wildman–Crippen LogP) is 5.20. The Bertz CT molecular complexity index is 1050. The summed E-state index contributed by atoms with van der Waals surface area (Å²) in [5.41, 5.74) is -2.45. The van der Waals surface area contributed by atoms with Gasteiger partial charge in [-0.25, -0.2) is 0 Å². The lowest BCUT2D eigenvalue weighted by Gasteiger charge is -2.45. The van der Waals surface area contributed by atoms with Gasteiger partial charge in [-0.15, -0.1) is 13.2 Å². The fourth-order valence-corrected chi connectivity index (χ4v) is 8.60. The lowest BCUT2D eigenvalue weighted by atomic mass is 9.62. The monoisotopic (exact) mass is 601 g/mol. The van der Waals surface area contributed by atoms with Gasteiger partial charge in [0.15, 0.2) is 0 Å². The number of hydrogen-bond acceptors (Lipinski definition) is 5. The summed E-state index contributed by atoms with van der Waals surface area (Å²) >= 11 is 0. The van der Waals surface area contributed by atoms with E-state index < -0.39 is 34.6 Å². The van der Waals surface area contributed by atoms with Gasteiger partial charge >= 0.3 is 0 Å². The number of aliphatic hydroxyl groups is 1. The second-order valence-corrected chi connectivity index (χ2v) is 15.2. The molecule has 0 aliphatic carbocycles. The van der Waals surface area contributed by atoms with E-state index in [0.29, 0.717) is 39.0 Å². The van der Waals surface area contributed by atoms with E-state index >= 15 is 0 Å². The third-order valence-corrected chi connectivity index (χ3v) is 10.0. The van der Waals surface area contributed by atoms with Gasteiger partial charge in [0.05, 0.1) is 17.4 Å². The predicted molar refractivity (Wildman–Crippen MR) is 171 cm³/mol. The highest BCUT2D eigenvalue weighted by Gasteiger charge is 2.80. The summed E-state index contributed by atoms with van der Waals surface area (Å²) in [5.74, 6) is -1.73. The number of hydrogen-bond donors (Lipinski definition) is 1. The van der Waals surface area contributed by atoms with Gasteiger partial charge in [0.1, 0.15) is 11.6 Å². The number of carbonyl (C=O) groups is 3. The highest BCUT2D eigenvalue weighted by atomic mass is 16.5. The molecule has 3 amide bonds. The molecule has 244 valence electrons. The number of carbonyl (C=O) groups excluding carboxylic acids is 3. The molecule has 3 aliphatic heterocycles. The molecule has 6 atom stereocenters. The number of amides is 3. The van der Waals surface area contributed by atoms with E-state index in [-0.39, 0.29) is 35.7 Å². The number of aliphatic hydroxyl groups excluding tert-OH is 1. The quantitative estimate of drug-likeness (QED) is 0.194. The maximum atomic E-state index is 15.0. The van der Waals surface area contributed by atoms with Crippen LogP contribution in [0.1, 0.15) is 100 Å². The van der Waals surface area contributed by atoms with E-state index in [1.54, 1.807) is 22.0 Å². The molecule has 8 nitrogen and oxygen atoms in total. The van der Waals surface area contributed by atoms with Crippen LogP contribution in [0.5, 0.6) is 0 Å². The molecule has 3 saturated heterocycles. The van der Waals surface area contributed by atoms with Crippen LogP contribution in [-0.2, 0) is 19.1 Å². The van der Waals surface area contributed by atoms with Crippen molar-refractivity contribution in [2.24, 2.45) is 23.2 Å². The van der Waals surface area contributed by atoms with Crippen LogP contribution < -0.4 is 0 Å². The lowest BCUT2D eigenvalue weighted by molar-refractivity contribution is -0.158. The number of rotatable bonds is 16. The van der Waals surface area contributed by atoms with Crippen molar-refractivity contribution < 1.29 is 24.2 Å². The summed E-state index contributed by atoms with van der Waals surface area (Å²) in [6, 6.07) is -0.817. The van der Waals surface area contributed by atoms with Gasteiger partial charge in [0.2, 0.25) is 17.7 Å². The highest BCUT2D eigenvalue weighted by Crippen LogP contribution is 2.65. The Morgan fingerprint density at radius 3 is 2.26 bits per heavy atom. The average molecular weight is 602 g/mol. The standard InChI is InChI=1S/C35H59N3O5/c1-11-18-36(19-12-2)29(40)26-27-30(41)37(21-16-14-15-17-22-39)28(35(27)23-25(4)34(26,10)43-35)31(42)38(20-13-3)33(8,9)24-32(5,6)7/h11,13,25-28,39H,1,3,12,14-24H2,2,4-10H3/t25?,26-,27+,28?,34+,35?/m1/s1. The first kappa shape index (κ1) is 35.3. The Kier molecular flexibility index (Phi) is 11.0.